The van der Waals surface area contributed by atoms with E-state index in [0.29, 0.717) is 6.54 Å². The predicted octanol–water partition coefficient (Wildman–Crippen LogP) is -0.0490. The summed E-state index contributed by atoms with van der Waals surface area (Å²) in [7, 11) is 5.09. The smallest absolute Gasteiger partial charge is 0.203 e. The predicted molar refractivity (Wildman–Crippen MR) is 30.0 cm³/mol. The Labute approximate surface area is 49.9 Å². The van der Waals surface area contributed by atoms with E-state index in [4.69, 9.17) is 0 Å². The lowest BCUT2D eigenvalue weighted by molar-refractivity contribution is -0.127. The van der Waals surface area contributed by atoms with Crippen molar-refractivity contribution >= 4 is 0 Å². The highest BCUT2D eigenvalue weighted by atomic mass is 16.6. The lowest BCUT2D eigenvalue weighted by Crippen LogP contribution is -2.25. The van der Waals surface area contributed by atoms with Gasteiger partial charge in [-0.05, 0) is 14.1 Å². The number of hydrogen-bond acceptors (Lipinski definition) is 2. The van der Waals surface area contributed by atoms with Crippen LogP contribution in [0.2, 0.25) is 0 Å². The average Bonchev–Trinajstić information content (AvgIpc) is 1.65. The Bertz CT molecular complexity index is 56.4. The van der Waals surface area contributed by atoms with Crippen LogP contribution in [0.25, 0.3) is 0 Å². The molecule has 0 rings (SSSR count). The summed E-state index contributed by atoms with van der Waals surface area (Å²) in [5.41, 5.74) is 0. The Morgan fingerprint density at radius 3 is 2.25 bits per heavy atom. The number of ether oxygens (including phenoxy) is 1. The fraction of sp³-hybridized carbons (Fsp3) is 1.00. The van der Waals surface area contributed by atoms with Crippen molar-refractivity contribution in [2.75, 3.05) is 27.7 Å². The second-order valence-corrected chi connectivity index (χ2v) is 1.93. The van der Waals surface area contributed by atoms with E-state index in [1.165, 1.54) is 7.11 Å². The van der Waals surface area contributed by atoms with E-state index >= 15 is 0 Å². The second-order valence-electron chi connectivity index (χ2n) is 1.93. The minimum absolute atomic E-state index is 0.441. The van der Waals surface area contributed by atoms with Gasteiger partial charge >= 0.3 is 0 Å². The van der Waals surface area contributed by atoms with E-state index in [2.05, 4.69) is 4.74 Å². The van der Waals surface area contributed by atoms with Gasteiger partial charge in [-0.15, -0.1) is 0 Å². The molecule has 0 saturated carbocycles. The van der Waals surface area contributed by atoms with Crippen LogP contribution >= 0.6 is 0 Å². The third kappa shape index (κ3) is 4.05. The molecule has 0 aromatic rings. The molecule has 1 radical (unpaired) electrons. The fourth-order valence-corrected chi connectivity index (χ4v) is 0.373. The van der Waals surface area contributed by atoms with Crippen LogP contribution in [0.4, 0.5) is 0 Å². The summed E-state index contributed by atoms with van der Waals surface area (Å²) in [5, 5.41) is 10.4. The molecule has 3 heteroatoms. The summed E-state index contributed by atoms with van der Waals surface area (Å²) in [6.45, 7) is 0.441. The first-order chi connectivity index (χ1) is 3.66. The summed E-state index contributed by atoms with van der Waals surface area (Å²) in [6.07, 6.45) is -0.898. The van der Waals surface area contributed by atoms with Crippen molar-refractivity contribution in [3.63, 3.8) is 0 Å². The van der Waals surface area contributed by atoms with Gasteiger partial charge in [-0.25, -0.2) is 5.11 Å². The zero-order valence-corrected chi connectivity index (χ0v) is 5.55. The molecular weight excluding hydrogens is 106 g/mol. The van der Waals surface area contributed by atoms with Gasteiger partial charge in [0, 0.05) is 7.11 Å². The number of methoxy groups -OCH3 is 1. The Morgan fingerprint density at radius 2 is 2.12 bits per heavy atom. The van der Waals surface area contributed by atoms with Gasteiger partial charge in [0.25, 0.3) is 0 Å². The second kappa shape index (κ2) is 3.83. The molecule has 1 unspecified atom stereocenters. The van der Waals surface area contributed by atoms with Crippen LogP contribution in [-0.2, 0) is 9.84 Å². The van der Waals surface area contributed by atoms with E-state index in [1.807, 2.05) is 14.1 Å². The Hall–Kier alpha value is -0.120. The minimum Gasteiger partial charge on any atom is -0.352 e. The molecule has 0 heterocycles. The number of rotatable bonds is 3. The van der Waals surface area contributed by atoms with Crippen LogP contribution in [-0.4, -0.2) is 38.9 Å². The normalized spacial score (nSPS) is 14.6. The summed E-state index contributed by atoms with van der Waals surface area (Å²) in [6, 6.07) is 0. The molecule has 0 bridgehead atoms. The standard InChI is InChI=1S/C5H12NO2/c1-6(2)4-5(7)8-3/h5H,4H2,1-3H3. The third-order valence-corrected chi connectivity index (χ3v) is 0.777. The maximum absolute atomic E-state index is 10.4. The van der Waals surface area contributed by atoms with Crippen LogP contribution in [0.15, 0.2) is 0 Å². The van der Waals surface area contributed by atoms with Crippen molar-refractivity contribution in [3.05, 3.63) is 0 Å². The van der Waals surface area contributed by atoms with E-state index in [0.717, 1.165) is 0 Å². The van der Waals surface area contributed by atoms with E-state index < -0.39 is 6.29 Å². The van der Waals surface area contributed by atoms with Gasteiger partial charge in [0.05, 0.1) is 6.54 Å². The molecule has 0 saturated heterocycles. The van der Waals surface area contributed by atoms with Crippen LogP contribution in [0.1, 0.15) is 0 Å². The average molecular weight is 118 g/mol. The molecule has 49 valence electrons. The SMILES string of the molecule is COC([O])CN(C)C. The zero-order chi connectivity index (χ0) is 6.57. The monoisotopic (exact) mass is 118 g/mol. The molecule has 0 N–H and O–H groups in total. The molecule has 0 aliphatic carbocycles. The molecule has 3 nitrogen and oxygen atoms in total. The molecule has 0 aliphatic rings. The van der Waals surface area contributed by atoms with Crippen molar-refractivity contribution < 1.29 is 9.84 Å². The van der Waals surface area contributed by atoms with Gasteiger partial charge in [-0.2, -0.15) is 0 Å². The summed E-state index contributed by atoms with van der Waals surface area (Å²) >= 11 is 0. The van der Waals surface area contributed by atoms with Crippen molar-refractivity contribution in [1.82, 2.24) is 4.90 Å². The van der Waals surface area contributed by atoms with Crippen LogP contribution in [0, 0.1) is 0 Å². The Balaban J connectivity index is 3.10. The first-order valence-corrected chi connectivity index (χ1v) is 2.50. The lowest BCUT2D eigenvalue weighted by atomic mass is 10.6. The topological polar surface area (TPSA) is 32.4 Å². The van der Waals surface area contributed by atoms with Gasteiger partial charge in [-0.1, -0.05) is 0 Å². The summed E-state index contributed by atoms with van der Waals surface area (Å²) in [4.78, 5) is 1.79. The Morgan fingerprint density at radius 1 is 1.62 bits per heavy atom. The van der Waals surface area contributed by atoms with Crippen LogP contribution < -0.4 is 0 Å². The van der Waals surface area contributed by atoms with Crippen molar-refractivity contribution in [2.45, 2.75) is 6.29 Å². The first-order valence-electron chi connectivity index (χ1n) is 2.50. The van der Waals surface area contributed by atoms with Gasteiger partial charge in [0.2, 0.25) is 6.29 Å². The highest BCUT2D eigenvalue weighted by Crippen LogP contribution is 1.85. The van der Waals surface area contributed by atoms with Gasteiger partial charge in [0.15, 0.2) is 0 Å². The number of nitrogens with zero attached hydrogens (tertiary/aromatic N) is 1. The molecule has 0 spiro atoms. The molecule has 8 heavy (non-hydrogen) atoms. The zero-order valence-electron chi connectivity index (χ0n) is 5.55. The molecule has 0 aromatic carbocycles. The lowest BCUT2D eigenvalue weighted by Gasteiger charge is -2.11. The van der Waals surface area contributed by atoms with E-state index in [-0.39, 0.29) is 0 Å². The molecular formula is C5H12NO2. The summed E-state index contributed by atoms with van der Waals surface area (Å²) in [5.74, 6) is 0. The largest absolute Gasteiger partial charge is 0.352 e. The maximum atomic E-state index is 10.4. The van der Waals surface area contributed by atoms with Crippen molar-refractivity contribution in [2.24, 2.45) is 0 Å². The fourth-order valence-electron chi connectivity index (χ4n) is 0.373. The molecule has 0 amide bonds. The Kier molecular flexibility index (Phi) is 3.77. The van der Waals surface area contributed by atoms with Gasteiger partial charge in [0.1, 0.15) is 0 Å². The first kappa shape index (κ1) is 7.88. The molecule has 1 atom stereocenters. The van der Waals surface area contributed by atoms with E-state index in [9.17, 15) is 5.11 Å². The molecule has 0 aliphatic heterocycles. The quantitative estimate of drug-likeness (QED) is 0.487. The maximum Gasteiger partial charge on any atom is 0.203 e. The highest BCUT2D eigenvalue weighted by molar-refractivity contribution is 4.42. The van der Waals surface area contributed by atoms with Crippen LogP contribution in [0.5, 0.6) is 0 Å². The highest BCUT2D eigenvalue weighted by Gasteiger charge is 2.02. The third-order valence-electron chi connectivity index (χ3n) is 0.777. The molecule has 0 aromatic heterocycles. The van der Waals surface area contributed by atoms with E-state index in [1.54, 1.807) is 4.90 Å². The molecule has 0 fully saturated rings. The van der Waals surface area contributed by atoms with Gasteiger partial charge < -0.3 is 9.64 Å². The van der Waals surface area contributed by atoms with Crippen molar-refractivity contribution in [3.8, 4) is 0 Å². The van der Waals surface area contributed by atoms with Gasteiger partial charge in [-0.3, -0.25) is 0 Å². The van der Waals surface area contributed by atoms with Crippen LogP contribution in [0.3, 0.4) is 0 Å². The number of likely N-dealkylation sites (N-methyl/N-ethyl adjacent to an activating group) is 1. The number of hydrogen-bond donors (Lipinski definition) is 0. The minimum atomic E-state index is -0.898. The summed E-state index contributed by atoms with van der Waals surface area (Å²) < 4.78 is 4.46. The van der Waals surface area contributed by atoms with Crippen molar-refractivity contribution in [1.29, 1.82) is 0 Å².